The normalized spacial score (nSPS) is 27.4. The second kappa shape index (κ2) is 18.9. The van der Waals surface area contributed by atoms with Gasteiger partial charge < -0.3 is 53.2 Å². The Hall–Kier alpha value is -5.52. The quantitative estimate of drug-likeness (QED) is 0.132. The highest BCUT2D eigenvalue weighted by molar-refractivity contribution is 5.91. The van der Waals surface area contributed by atoms with Crippen LogP contribution in [0.1, 0.15) is 41.4 Å². The molecule has 0 radical (unpaired) electrons. The Morgan fingerprint density at radius 1 is 0.518 bits per heavy atom. The zero-order valence-corrected chi connectivity index (χ0v) is 30.0. The van der Waals surface area contributed by atoms with E-state index < -0.39 is 98.5 Å². The van der Waals surface area contributed by atoms with E-state index in [4.69, 9.17) is 37.9 Å². The Kier molecular flexibility index (Phi) is 13.5. The molecule has 56 heavy (non-hydrogen) atoms. The van der Waals surface area contributed by atoms with Gasteiger partial charge in [0.15, 0.2) is 30.9 Å². The van der Waals surface area contributed by atoms with E-state index in [1.807, 2.05) is 0 Å². The summed E-state index contributed by atoms with van der Waals surface area (Å²) >= 11 is 0. The van der Waals surface area contributed by atoms with Crippen LogP contribution in [0.25, 0.3) is 0 Å². The highest BCUT2D eigenvalue weighted by Crippen LogP contribution is 2.34. The van der Waals surface area contributed by atoms with E-state index in [1.165, 1.54) is 55.6 Å². The summed E-state index contributed by atoms with van der Waals surface area (Å²) < 4.78 is 46.9. The predicted octanol–water partition coefficient (Wildman–Crippen LogP) is 2.72. The largest absolute Gasteiger partial charge is 0.459 e. The minimum Gasteiger partial charge on any atom is -0.459 e. The molecule has 6 rings (SSSR count). The summed E-state index contributed by atoms with van der Waals surface area (Å²) in [4.78, 5) is 54.5. The van der Waals surface area contributed by atoms with Crippen LogP contribution in [0.3, 0.4) is 0 Å². The van der Waals surface area contributed by atoms with Crippen LogP contribution in [0.5, 0.6) is 0 Å². The number of hydrogen-bond acceptors (Lipinski definition) is 15. The summed E-state index contributed by atoms with van der Waals surface area (Å²) in [5, 5.41) is 32.4. The summed E-state index contributed by atoms with van der Waals surface area (Å²) in [5.41, 5.74) is 0.437. The fourth-order valence-electron chi connectivity index (χ4n) is 6.20. The highest BCUT2D eigenvalue weighted by atomic mass is 16.8. The fraction of sp³-hybridized carbons (Fsp3) is 0.317. The van der Waals surface area contributed by atoms with Crippen molar-refractivity contribution in [3.63, 3.8) is 0 Å². The van der Waals surface area contributed by atoms with Crippen LogP contribution in [0.2, 0.25) is 0 Å². The lowest BCUT2D eigenvalue weighted by Gasteiger charge is -2.47. The van der Waals surface area contributed by atoms with Crippen molar-refractivity contribution in [3.8, 4) is 0 Å². The van der Waals surface area contributed by atoms with Crippen LogP contribution in [0, 0.1) is 0 Å². The third kappa shape index (κ3) is 9.46. The molecule has 294 valence electrons. The van der Waals surface area contributed by atoms with Crippen molar-refractivity contribution in [2.24, 2.45) is 0 Å². The molecule has 0 aliphatic carbocycles. The molecule has 0 aromatic heterocycles. The van der Waals surface area contributed by atoms with E-state index in [2.05, 4.69) is 0 Å². The number of methoxy groups -OCH3 is 1. The number of carbonyl (C=O) groups excluding carboxylic acids is 4. The fourth-order valence-corrected chi connectivity index (χ4v) is 6.20. The van der Waals surface area contributed by atoms with E-state index >= 15 is 0 Å². The summed E-state index contributed by atoms with van der Waals surface area (Å²) in [7, 11) is 1.22. The van der Waals surface area contributed by atoms with Gasteiger partial charge in [-0.1, -0.05) is 72.8 Å². The molecule has 2 aliphatic heterocycles. The molecule has 2 fully saturated rings. The molecule has 4 aromatic rings. The topological polar surface area (TPSA) is 203 Å². The highest BCUT2D eigenvalue weighted by Gasteiger charge is 2.56. The molecular formula is C41H40O15. The van der Waals surface area contributed by atoms with Crippen molar-refractivity contribution in [1.29, 1.82) is 0 Å². The van der Waals surface area contributed by atoms with Crippen molar-refractivity contribution in [2.45, 2.75) is 61.4 Å². The molecule has 0 bridgehead atoms. The molecule has 4 aromatic carbocycles. The Balaban J connectivity index is 1.44. The zero-order chi connectivity index (χ0) is 39.6. The Morgan fingerprint density at radius 2 is 0.929 bits per heavy atom. The lowest BCUT2D eigenvalue weighted by molar-refractivity contribution is -0.356. The van der Waals surface area contributed by atoms with Crippen LogP contribution in [0.15, 0.2) is 121 Å². The van der Waals surface area contributed by atoms with E-state index in [0.717, 1.165) is 0 Å². The number of hydrogen-bond donors (Lipinski definition) is 3. The van der Waals surface area contributed by atoms with Crippen LogP contribution in [-0.2, 0) is 37.9 Å². The summed E-state index contributed by atoms with van der Waals surface area (Å²) in [6, 6.07) is 31.5. The first-order valence-corrected chi connectivity index (χ1v) is 17.6. The van der Waals surface area contributed by atoms with Crippen molar-refractivity contribution < 1.29 is 72.4 Å². The molecule has 15 heteroatoms. The number of aliphatic hydroxyl groups excluding tert-OH is 3. The number of ether oxygens (including phenoxy) is 8. The number of benzene rings is 4. The minimum absolute atomic E-state index is 0.0714. The lowest BCUT2D eigenvalue weighted by atomic mass is 9.96. The molecule has 10 atom stereocenters. The van der Waals surface area contributed by atoms with Crippen LogP contribution in [0.4, 0.5) is 0 Å². The molecule has 0 amide bonds. The molecule has 0 spiro atoms. The number of rotatable bonds is 13. The van der Waals surface area contributed by atoms with E-state index in [9.17, 15) is 34.5 Å². The van der Waals surface area contributed by atoms with Gasteiger partial charge >= 0.3 is 23.9 Å². The first kappa shape index (κ1) is 40.2. The number of aliphatic hydroxyl groups is 3. The van der Waals surface area contributed by atoms with Gasteiger partial charge in [-0.05, 0) is 48.5 Å². The average Bonchev–Trinajstić information content (AvgIpc) is 3.24. The molecule has 2 aliphatic rings. The van der Waals surface area contributed by atoms with E-state index in [-0.39, 0.29) is 22.3 Å². The van der Waals surface area contributed by atoms with Crippen molar-refractivity contribution in [2.75, 3.05) is 20.3 Å². The summed E-state index contributed by atoms with van der Waals surface area (Å²) in [5.74, 6) is -3.54. The third-order valence-electron chi connectivity index (χ3n) is 9.08. The number of esters is 4. The van der Waals surface area contributed by atoms with Gasteiger partial charge in [-0.15, -0.1) is 0 Å². The van der Waals surface area contributed by atoms with Crippen LogP contribution >= 0.6 is 0 Å². The van der Waals surface area contributed by atoms with Gasteiger partial charge in [0, 0.05) is 7.11 Å². The first-order chi connectivity index (χ1) is 27.2. The van der Waals surface area contributed by atoms with Gasteiger partial charge in [-0.25, -0.2) is 19.2 Å². The average molecular weight is 773 g/mol. The maximum absolute atomic E-state index is 13.8. The maximum Gasteiger partial charge on any atom is 0.338 e. The lowest BCUT2D eigenvalue weighted by Crippen LogP contribution is -2.66. The van der Waals surface area contributed by atoms with Gasteiger partial charge in [0.1, 0.15) is 37.1 Å². The summed E-state index contributed by atoms with van der Waals surface area (Å²) in [6.07, 6.45) is -16.3. The van der Waals surface area contributed by atoms with Crippen molar-refractivity contribution in [3.05, 3.63) is 144 Å². The maximum atomic E-state index is 13.8. The van der Waals surface area contributed by atoms with E-state index in [1.54, 1.807) is 72.8 Å². The Bertz CT molecular complexity index is 1880. The molecule has 3 N–H and O–H groups in total. The SMILES string of the molecule is CO[C@@H]1O[C@H](CO)[C@H](O)[C@H](O[C@@H]2O[C@H](COC(=O)c3ccccc3)[C@H](OC(=O)c3ccccc3)[C@H](OC(=O)c3ccccc3)[C@H]2OC(=O)c2ccccc2)[C@H]1O. The number of carbonyl (C=O) groups is 4. The van der Waals surface area contributed by atoms with Crippen molar-refractivity contribution >= 4 is 23.9 Å². The standard InChI is InChI=1S/C41H40O15/c1-49-40-31(44)33(30(43)28(22-42)51-40)56-41-35(55-39(48)27-20-12-5-13-21-27)34(54-38(47)26-18-10-4-11-19-26)32(53-37(46)25-16-8-3-9-17-25)29(52-41)23-50-36(45)24-14-6-2-7-15-24/h2-21,28-35,40-44H,22-23H2,1H3/t28-,29-,30+,31-,32+,33+,34+,35-,40-,41+/m1/s1. The second-order valence-corrected chi connectivity index (χ2v) is 12.8. The van der Waals surface area contributed by atoms with Gasteiger partial charge in [0.25, 0.3) is 0 Å². The smallest absolute Gasteiger partial charge is 0.338 e. The van der Waals surface area contributed by atoms with Crippen LogP contribution in [-0.4, -0.2) is 121 Å². The zero-order valence-electron chi connectivity index (χ0n) is 30.0. The monoisotopic (exact) mass is 772 g/mol. The van der Waals surface area contributed by atoms with Gasteiger partial charge in [-0.3, -0.25) is 0 Å². The third-order valence-corrected chi connectivity index (χ3v) is 9.08. The minimum atomic E-state index is -1.84. The molecular weight excluding hydrogens is 732 g/mol. The first-order valence-electron chi connectivity index (χ1n) is 17.6. The van der Waals surface area contributed by atoms with Crippen LogP contribution < -0.4 is 0 Å². The van der Waals surface area contributed by atoms with Crippen molar-refractivity contribution in [1.82, 2.24) is 0 Å². The Morgan fingerprint density at radius 3 is 1.38 bits per heavy atom. The Labute approximate surface area is 321 Å². The molecule has 2 saturated heterocycles. The predicted molar refractivity (Wildman–Crippen MR) is 192 cm³/mol. The molecule has 0 unspecified atom stereocenters. The summed E-state index contributed by atoms with van der Waals surface area (Å²) in [6.45, 7) is -1.34. The van der Waals surface area contributed by atoms with Gasteiger partial charge in [0.2, 0.25) is 0 Å². The molecule has 15 nitrogen and oxygen atoms in total. The van der Waals surface area contributed by atoms with E-state index in [0.29, 0.717) is 0 Å². The van der Waals surface area contributed by atoms with Gasteiger partial charge in [0.05, 0.1) is 28.9 Å². The second-order valence-electron chi connectivity index (χ2n) is 12.8. The molecule has 0 saturated carbocycles. The molecule has 2 heterocycles. The van der Waals surface area contributed by atoms with Gasteiger partial charge in [-0.2, -0.15) is 0 Å².